The minimum atomic E-state index is 0.259. The van der Waals surface area contributed by atoms with Gasteiger partial charge in [-0.25, -0.2) is 0 Å². The Bertz CT molecular complexity index is 85.6. The van der Waals surface area contributed by atoms with Gasteiger partial charge in [0.2, 0.25) is 0 Å². The summed E-state index contributed by atoms with van der Waals surface area (Å²) in [7, 11) is 0. The van der Waals surface area contributed by atoms with Crippen molar-refractivity contribution < 1.29 is 5.11 Å². The van der Waals surface area contributed by atoms with E-state index in [1.54, 1.807) is 0 Å². The van der Waals surface area contributed by atoms with Crippen LogP contribution in [0.25, 0.3) is 0 Å². The fourth-order valence-electron chi connectivity index (χ4n) is 1.06. The Hall–Kier alpha value is -0.0800. The van der Waals surface area contributed by atoms with Crippen molar-refractivity contribution in [3.8, 4) is 0 Å². The summed E-state index contributed by atoms with van der Waals surface area (Å²) in [5, 5.41) is 12.3. The summed E-state index contributed by atoms with van der Waals surface area (Å²) < 4.78 is 0. The molecule has 0 fully saturated rings. The fraction of sp³-hybridized carbons (Fsp3) is 1.00. The minimum Gasteiger partial charge on any atom is -0.395 e. The van der Waals surface area contributed by atoms with Crippen LogP contribution in [-0.4, -0.2) is 24.3 Å². The lowest BCUT2D eigenvalue weighted by Gasteiger charge is -2.21. The molecular weight excluding hydrogens is 138 g/mol. The predicted molar refractivity (Wildman–Crippen MR) is 48.6 cm³/mol. The summed E-state index contributed by atoms with van der Waals surface area (Å²) in [4.78, 5) is 0. The van der Waals surface area contributed by atoms with E-state index in [1.807, 2.05) is 0 Å². The highest BCUT2D eigenvalue weighted by Gasteiger charge is 2.12. The lowest BCUT2D eigenvalue weighted by Crippen LogP contribution is -2.38. The summed E-state index contributed by atoms with van der Waals surface area (Å²) in [5.74, 6) is 0.576. The van der Waals surface area contributed by atoms with Gasteiger partial charge in [-0.05, 0) is 18.9 Å². The van der Waals surface area contributed by atoms with E-state index in [2.05, 4.69) is 26.1 Å². The highest BCUT2D eigenvalue weighted by Crippen LogP contribution is 2.06. The maximum absolute atomic E-state index is 8.99. The molecule has 0 aliphatic rings. The van der Waals surface area contributed by atoms with Gasteiger partial charge in [-0.3, -0.25) is 0 Å². The van der Waals surface area contributed by atoms with Crippen molar-refractivity contribution in [3.63, 3.8) is 0 Å². The second-order valence-corrected chi connectivity index (χ2v) is 3.13. The second-order valence-electron chi connectivity index (χ2n) is 3.13. The molecule has 0 unspecified atom stereocenters. The van der Waals surface area contributed by atoms with Crippen molar-refractivity contribution in [2.75, 3.05) is 13.2 Å². The number of nitrogens with one attached hydrogen (secondary N) is 1. The first-order valence-corrected chi connectivity index (χ1v) is 4.60. The Morgan fingerprint density at radius 1 is 1.36 bits per heavy atom. The van der Waals surface area contributed by atoms with Crippen LogP contribution in [-0.2, 0) is 0 Å². The van der Waals surface area contributed by atoms with Crippen molar-refractivity contribution in [2.24, 2.45) is 5.92 Å². The third-order valence-electron chi connectivity index (χ3n) is 2.18. The number of aliphatic hydroxyl groups excluding tert-OH is 1. The van der Waals surface area contributed by atoms with Crippen LogP contribution in [0.15, 0.2) is 0 Å². The Morgan fingerprint density at radius 3 is 2.36 bits per heavy atom. The van der Waals surface area contributed by atoms with Gasteiger partial charge in [-0.1, -0.05) is 27.2 Å². The van der Waals surface area contributed by atoms with Crippen LogP contribution >= 0.6 is 0 Å². The summed E-state index contributed by atoms with van der Waals surface area (Å²) >= 11 is 0. The zero-order valence-corrected chi connectivity index (χ0v) is 7.93. The SMILES string of the molecule is CCCN[C@H](CO)[C@@H](C)CC. The van der Waals surface area contributed by atoms with Crippen molar-refractivity contribution >= 4 is 0 Å². The maximum Gasteiger partial charge on any atom is 0.0587 e. The van der Waals surface area contributed by atoms with Crippen LogP contribution in [0, 0.1) is 5.92 Å². The van der Waals surface area contributed by atoms with Gasteiger partial charge in [0.15, 0.2) is 0 Å². The third-order valence-corrected chi connectivity index (χ3v) is 2.18. The topological polar surface area (TPSA) is 32.3 Å². The highest BCUT2D eigenvalue weighted by atomic mass is 16.3. The molecule has 11 heavy (non-hydrogen) atoms. The molecule has 0 aromatic carbocycles. The number of rotatable bonds is 6. The van der Waals surface area contributed by atoms with Crippen LogP contribution in [0.1, 0.15) is 33.6 Å². The molecule has 0 radical (unpaired) electrons. The lowest BCUT2D eigenvalue weighted by molar-refractivity contribution is 0.202. The van der Waals surface area contributed by atoms with E-state index in [1.165, 1.54) is 0 Å². The second kappa shape index (κ2) is 6.62. The lowest BCUT2D eigenvalue weighted by atomic mass is 10.00. The molecule has 0 aromatic heterocycles. The molecule has 2 N–H and O–H groups in total. The van der Waals surface area contributed by atoms with Crippen molar-refractivity contribution in [3.05, 3.63) is 0 Å². The van der Waals surface area contributed by atoms with Gasteiger partial charge in [-0.15, -0.1) is 0 Å². The standard InChI is InChI=1S/C9H21NO/c1-4-6-10-9(7-11)8(3)5-2/h8-11H,4-7H2,1-3H3/t8-,9+/m0/s1. The van der Waals surface area contributed by atoms with Gasteiger partial charge in [0.05, 0.1) is 6.61 Å². The normalized spacial score (nSPS) is 16.4. The zero-order chi connectivity index (χ0) is 8.69. The van der Waals surface area contributed by atoms with Crippen LogP contribution in [0.2, 0.25) is 0 Å². The van der Waals surface area contributed by atoms with Crippen LogP contribution in [0.4, 0.5) is 0 Å². The number of aliphatic hydroxyl groups is 1. The van der Waals surface area contributed by atoms with Gasteiger partial charge < -0.3 is 10.4 Å². The molecule has 68 valence electrons. The molecule has 2 heteroatoms. The van der Waals surface area contributed by atoms with E-state index in [-0.39, 0.29) is 6.61 Å². The Morgan fingerprint density at radius 2 is 2.00 bits per heavy atom. The Kier molecular flexibility index (Phi) is 6.57. The molecule has 0 rings (SSSR count). The van der Waals surface area contributed by atoms with Gasteiger partial charge in [0.25, 0.3) is 0 Å². The molecule has 0 bridgehead atoms. The summed E-state index contributed by atoms with van der Waals surface area (Å²) in [6.07, 6.45) is 2.26. The molecule has 0 heterocycles. The van der Waals surface area contributed by atoms with Crippen LogP contribution in [0.3, 0.4) is 0 Å². The highest BCUT2D eigenvalue weighted by molar-refractivity contribution is 4.70. The average Bonchev–Trinajstić information content (AvgIpc) is 2.05. The molecule has 2 nitrogen and oxygen atoms in total. The summed E-state index contributed by atoms with van der Waals surface area (Å²) in [6, 6.07) is 0.292. The maximum atomic E-state index is 8.99. The molecule has 0 aromatic rings. The van der Waals surface area contributed by atoms with Gasteiger partial charge in [0, 0.05) is 6.04 Å². The number of hydrogen-bond acceptors (Lipinski definition) is 2. The summed E-state index contributed by atoms with van der Waals surface area (Å²) in [5.41, 5.74) is 0. The van der Waals surface area contributed by atoms with E-state index in [9.17, 15) is 0 Å². The van der Waals surface area contributed by atoms with E-state index < -0.39 is 0 Å². The minimum absolute atomic E-state index is 0.259. The summed E-state index contributed by atoms with van der Waals surface area (Å²) in [6.45, 7) is 7.73. The first kappa shape index (κ1) is 10.9. The van der Waals surface area contributed by atoms with Gasteiger partial charge in [-0.2, -0.15) is 0 Å². The molecule has 0 saturated carbocycles. The zero-order valence-electron chi connectivity index (χ0n) is 7.93. The first-order valence-electron chi connectivity index (χ1n) is 4.60. The van der Waals surface area contributed by atoms with Crippen LogP contribution < -0.4 is 5.32 Å². The molecular formula is C9H21NO. The molecule has 0 saturated heterocycles. The number of hydrogen-bond donors (Lipinski definition) is 2. The quantitative estimate of drug-likeness (QED) is 0.614. The first-order chi connectivity index (χ1) is 5.26. The average molecular weight is 159 g/mol. The molecule has 0 aliphatic heterocycles. The Labute approximate surface area is 70.0 Å². The molecule has 0 aliphatic carbocycles. The van der Waals surface area contributed by atoms with E-state index in [4.69, 9.17) is 5.11 Å². The Balaban J connectivity index is 3.56. The largest absolute Gasteiger partial charge is 0.395 e. The van der Waals surface area contributed by atoms with Crippen molar-refractivity contribution in [1.29, 1.82) is 0 Å². The van der Waals surface area contributed by atoms with E-state index in [0.717, 1.165) is 19.4 Å². The molecule has 2 atom stereocenters. The molecule has 0 amide bonds. The predicted octanol–water partition coefficient (Wildman–Crippen LogP) is 1.39. The van der Waals surface area contributed by atoms with Crippen LogP contribution in [0.5, 0.6) is 0 Å². The van der Waals surface area contributed by atoms with E-state index >= 15 is 0 Å². The van der Waals surface area contributed by atoms with Crippen molar-refractivity contribution in [1.82, 2.24) is 5.32 Å². The smallest absolute Gasteiger partial charge is 0.0587 e. The van der Waals surface area contributed by atoms with E-state index in [0.29, 0.717) is 12.0 Å². The fourth-order valence-corrected chi connectivity index (χ4v) is 1.06. The van der Waals surface area contributed by atoms with Gasteiger partial charge in [0.1, 0.15) is 0 Å². The molecule has 0 spiro atoms. The van der Waals surface area contributed by atoms with Crippen molar-refractivity contribution in [2.45, 2.75) is 39.7 Å². The monoisotopic (exact) mass is 159 g/mol. The van der Waals surface area contributed by atoms with Gasteiger partial charge >= 0.3 is 0 Å². The third kappa shape index (κ3) is 4.38.